The molecule has 0 radical (unpaired) electrons. The molecule has 2 aromatic carbocycles. The number of hydrogen-bond acceptors (Lipinski definition) is 2. The molecule has 0 bridgehead atoms. The van der Waals surface area contributed by atoms with E-state index in [0.29, 0.717) is 0 Å². The van der Waals surface area contributed by atoms with Crippen molar-refractivity contribution in [3.8, 4) is 11.5 Å². The van der Waals surface area contributed by atoms with Gasteiger partial charge in [-0.15, -0.1) is 11.5 Å². The number of benzene rings is 2. The molecule has 0 atom stereocenters. The molecule has 0 aromatic heterocycles. The molecule has 2 rings (SSSR count). The van der Waals surface area contributed by atoms with Crippen LogP contribution in [0.3, 0.4) is 0 Å². The molecule has 2 aromatic rings. The molecule has 0 aliphatic heterocycles. The van der Waals surface area contributed by atoms with Crippen LogP contribution in [0.25, 0.3) is 0 Å². The second-order valence-corrected chi connectivity index (χ2v) is 2.63. The monoisotopic (exact) mass is 366 g/mol. The Labute approximate surface area is 108 Å². The van der Waals surface area contributed by atoms with Crippen molar-refractivity contribution in [2.45, 2.75) is 0 Å². The van der Waals surface area contributed by atoms with E-state index in [-0.39, 0.29) is 37.3 Å². The van der Waals surface area contributed by atoms with Gasteiger partial charge in [0.25, 0.3) is 0 Å². The Bertz CT molecular complexity index is 311. The molecule has 0 saturated carbocycles. The zero-order valence-corrected chi connectivity index (χ0v) is 11.7. The van der Waals surface area contributed by atoms with Gasteiger partial charge in [-0.25, -0.2) is 0 Å². The summed E-state index contributed by atoms with van der Waals surface area (Å²) in [5.41, 5.74) is 0. The second kappa shape index (κ2) is 8.24. The van der Waals surface area contributed by atoms with Gasteiger partial charge in [0.1, 0.15) is 0 Å². The van der Waals surface area contributed by atoms with E-state index in [2.05, 4.69) is 0 Å². The van der Waals surface area contributed by atoms with Crippen LogP contribution in [0.15, 0.2) is 60.7 Å². The molecule has 3 heteroatoms. The molecule has 0 spiro atoms. The van der Waals surface area contributed by atoms with Crippen LogP contribution in [0.2, 0.25) is 0 Å². The predicted octanol–water partition coefficient (Wildman–Crippen LogP) is 1.52. The van der Waals surface area contributed by atoms with Gasteiger partial charge < -0.3 is 10.2 Å². The minimum absolute atomic E-state index is 0. The fraction of sp³-hybridized carbons (Fsp3) is 0. The zero-order chi connectivity index (χ0) is 10.2. The molecule has 76 valence electrons. The molecule has 15 heavy (non-hydrogen) atoms. The van der Waals surface area contributed by atoms with E-state index < -0.39 is 0 Å². The molecular weight excluding hydrogens is 355 g/mol. The minimum atomic E-state index is 0. The minimum Gasteiger partial charge on any atom is -0.872 e. The van der Waals surface area contributed by atoms with Gasteiger partial charge in [-0.2, -0.15) is 0 Å². The summed E-state index contributed by atoms with van der Waals surface area (Å²) in [6.07, 6.45) is 0. The van der Waals surface area contributed by atoms with Crippen LogP contribution in [-0.2, 0) is 25.8 Å². The predicted molar refractivity (Wildman–Crippen MR) is 51.8 cm³/mol. The van der Waals surface area contributed by atoms with Crippen LogP contribution in [-0.4, -0.2) is 0 Å². The molecule has 0 heterocycles. The zero-order valence-electron chi connectivity index (χ0n) is 8.09. The third kappa shape index (κ3) is 6.91. The van der Waals surface area contributed by atoms with Crippen molar-refractivity contribution >= 4 is 0 Å². The van der Waals surface area contributed by atoms with Gasteiger partial charge in [0, 0.05) is 25.8 Å². The quantitative estimate of drug-likeness (QED) is 0.665. The van der Waals surface area contributed by atoms with Crippen molar-refractivity contribution in [1.82, 2.24) is 0 Å². The Balaban J connectivity index is 0.000000245. The molecule has 0 N–H and O–H groups in total. The smallest absolute Gasteiger partial charge is 0 e. The first kappa shape index (κ1) is 13.9. The summed E-state index contributed by atoms with van der Waals surface area (Å²) in [7, 11) is 0. The molecule has 0 fully saturated rings. The van der Waals surface area contributed by atoms with E-state index >= 15 is 0 Å². The van der Waals surface area contributed by atoms with E-state index in [4.69, 9.17) is 0 Å². The van der Waals surface area contributed by atoms with Crippen molar-refractivity contribution < 1.29 is 36.1 Å². The molecule has 2 nitrogen and oxygen atoms in total. The first-order chi connectivity index (χ1) is 6.79. The molecule has 0 aliphatic carbocycles. The van der Waals surface area contributed by atoms with E-state index in [1.165, 1.54) is 24.3 Å². The van der Waals surface area contributed by atoms with Crippen LogP contribution in [0.4, 0.5) is 0 Å². The first-order valence-corrected chi connectivity index (χ1v) is 4.23. The van der Waals surface area contributed by atoms with Crippen LogP contribution in [0.1, 0.15) is 0 Å². The van der Waals surface area contributed by atoms with Gasteiger partial charge >= 0.3 is 0 Å². The van der Waals surface area contributed by atoms with E-state index in [1.807, 2.05) is 12.1 Å². The fourth-order valence-electron chi connectivity index (χ4n) is 0.841. The Kier molecular flexibility index (Phi) is 7.64. The molecular formula is C12H10HfO2-2. The molecule has 0 aliphatic rings. The van der Waals surface area contributed by atoms with Crippen LogP contribution < -0.4 is 10.2 Å². The maximum atomic E-state index is 10.3. The van der Waals surface area contributed by atoms with Gasteiger partial charge in [-0.3, -0.25) is 0 Å². The largest absolute Gasteiger partial charge is 0.872 e. The third-order valence-electron chi connectivity index (χ3n) is 1.49. The average Bonchev–Trinajstić information content (AvgIpc) is 2.21. The Morgan fingerprint density at radius 3 is 0.933 bits per heavy atom. The van der Waals surface area contributed by atoms with E-state index in [1.54, 1.807) is 24.3 Å². The molecule has 0 saturated heterocycles. The summed E-state index contributed by atoms with van der Waals surface area (Å²) in [6, 6.07) is 16.7. The Morgan fingerprint density at radius 1 is 0.533 bits per heavy atom. The van der Waals surface area contributed by atoms with Gasteiger partial charge in [0.2, 0.25) is 0 Å². The first-order valence-electron chi connectivity index (χ1n) is 4.23. The fourth-order valence-corrected chi connectivity index (χ4v) is 0.841. The van der Waals surface area contributed by atoms with E-state index in [9.17, 15) is 10.2 Å². The van der Waals surface area contributed by atoms with Crippen LogP contribution in [0, 0.1) is 0 Å². The maximum absolute atomic E-state index is 10.3. The number of para-hydroxylation sites is 2. The van der Waals surface area contributed by atoms with Crippen LogP contribution >= 0.6 is 0 Å². The van der Waals surface area contributed by atoms with E-state index in [0.717, 1.165) is 0 Å². The Hall–Kier alpha value is -1.09. The standard InChI is InChI=1S/2C6H6O.Hf/c2*7-6-4-2-1-3-5-6;/h2*1-5,7H;/p-2. The summed E-state index contributed by atoms with van der Waals surface area (Å²) >= 11 is 0. The molecule has 0 unspecified atom stereocenters. The molecule has 0 amide bonds. The van der Waals surface area contributed by atoms with Gasteiger partial charge in [-0.1, -0.05) is 60.7 Å². The normalized spacial score (nSPS) is 8.00. The average molecular weight is 365 g/mol. The SMILES string of the molecule is [Hf].[O-]c1ccccc1.[O-]c1ccccc1. The Morgan fingerprint density at radius 2 is 0.800 bits per heavy atom. The summed E-state index contributed by atoms with van der Waals surface area (Å²) in [4.78, 5) is 0. The van der Waals surface area contributed by atoms with Gasteiger partial charge in [0.15, 0.2) is 0 Å². The summed E-state index contributed by atoms with van der Waals surface area (Å²) < 4.78 is 0. The van der Waals surface area contributed by atoms with Crippen molar-refractivity contribution in [3.63, 3.8) is 0 Å². The third-order valence-corrected chi connectivity index (χ3v) is 1.49. The van der Waals surface area contributed by atoms with Crippen molar-refractivity contribution in [1.29, 1.82) is 0 Å². The van der Waals surface area contributed by atoms with Crippen molar-refractivity contribution in [3.05, 3.63) is 60.7 Å². The summed E-state index contributed by atoms with van der Waals surface area (Å²) in [5.74, 6) is 0.144. The maximum Gasteiger partial charge on any atom is 0 e. The number of hydrogen-bond donors (Lipinski definition) is 0. The second-order valence-electron chi connectivity index (χ2n) is 2.63. The van der Waals surface area contributed by atoms with Crippen LogP contribution in [0.5, 0.6) is 11.5 Å². The van der Waals surface area contributed by atoms with Crippen molar-refractivity contribution in [2.24, 2.45) is 0 Å². The summed E-state index contributed by atoms with van der Waals surface area (Å²) in [6.45, 7) is 0. The van der Waals surface area contributed by atoms with Gasteiger partial charge in [-0.05, 0) is 0 Å². The van der Waals surface area contributed by atoms with Gasteiger partial charge in [0.05, 0.1) is 0 Å². The summed E-state index contributed by atoms with van der Waals surface area (Å²) in [5, 5.41) is 20.5. The number of rotatable bonds is 0. The topological polar surface area (TPSA) is 46.1 Å². The van der Waals surface area contributed by atoms with Crippen molar-refractivity contribution in [2.75, 3.05) is 0 Å².